The highest BCUT2D eigenvalue weighted by atomic mass is 16.1. The maximum absolute atomic E-state index is 11.9. The third-order valence-corrected chi connectivity index (χ3v) is 2.47. The summed E-state index contributed by atoms with van der Waals surface area (Å²) in [5.41, 5.74) is 1.25. The molecule has 76 valence electrons. The predicted molar refractivity (Wildman–Crippen MR) is 58.0 cm³/mol. The second-order valence-electron chi connectivity index (χ2n) is 3.39. The van der Waals surface area contributed by atoms with Crippen LogP contribution in [0.3, 0.4) is 0 Å². The molecule has 0 aliphatic carbocycles. The van der Waals surface area contributed by atoms with Gasteiger partial charge in [0.2, 0.25) is 5.78 Å². The van der Waals surface area contributed by atoms with E-state index in [4.69, 9.17) is 5.26 Å². The molecule has 1 N–H and O–H groups in total. The van der Waals surface area contributed by atoms with Gasteiger partial charge in [0.25, 0.3) is 5.56 Å². The summed E-state index contributed by atoms with van der Waals surface area (Å²) in [7, 11) is 0. The van der Waals surface area contributed by atoms with Gasteiger partial charge < -0.3 is 4.98 Å². The van der Waals surface area contributed by atoms with Crippen molar-refractivity contribution in [3.63, 3.8) is 0 Å². The molecule has 0 amide bonds. The van der Waals surface area contributed by atoms with Crippen LogP contribution in [0.25, 0.3) is 16.8 Å². The number of rotatable bonds is 0. The fraction of sp³-hybridized carbons (Fsp3) is 0. The van der Waals surface area contributed by atoms with Crippen LogP contribution in [0.5, 0.6) is 0 Å². The first kappa shape index (κ1) is 8.68. The van der Waals surface area contributed by atoms with Crippen LogP contribution in [0.1, 0.15) is 5.56 Å². The molecule has 0 spiro atoms. The van der Waals surface area contributed by atoms with Gasteiger partial charge in [0.15, 0.2) is 0 Å². The monoisotopic (exact) mass is 210 g/mol. The van der Waals surface area contributed by atoms with Crippen LogP contribution in [-0.2, 0) is 0 Å². The lowest BCUT2D eigenvalue weighted by Gasteiger charge is -1.93. The van der Waals surface area contributed by atoms with E-state index in [0.29, 0.717) is 5.78 Å². The van der Waals surface area contributed by atoms with Gasteiger partial charge >= 0.3 is 0 Å². The summed E-state index contributed by atoms with van der Waals surface area (Å²) in [6.45, 7) is 0. The van der Waals surface area contributed by atoms with Gasteiger partial charge in [-0.05, 0) is 12.1 Å². The van der Waals surface area contributed by atoms with Gasteiger partial charge in [-0.2, -0.15) is 5.26 Å². The lowest BCUT2D eigenvalue weighted by Crippen LogP contribution is -2.16. The molecule has 16 heavy (non-hydrogen) atoms. The molecule has 0 aliphatic rings. The zero-order chi connectivity index (χ0) is 11.1. The third-order valence-electron chi connectivity index (χ3n) is 2.47. The Labute approximate surface area is 89.6 Å². The van der Waals surface area contributed by atoms with Crippen LogP contribution < -0.4 is 5.56 Å². The number of aromatic nitrogens is 3. The van der Waals surface area contributed by atoms with Crippen molar-refractivity contribution in [1.29, 1.82) is 5.26 Å². The third kappa shape index (κ3) is 0.982. The van der Waals surface area contributed by atoms with Crippen molar-refractivity contribution in [2.24, 2.45) is 0 Å². The molecule has 1 aromatic carbocycles. The van der Waals surface area contributed by atoms with E-state index >= 15 is 0 Å². The van der Waals surface area contributed by atoms with Crippen LogP contribution in [0.2, 0.25) is 0 Å². The Kier molecular flexibility index (Phi) is 1.59. The molecule has 0 bridgehead atoms. The van der Waals surface area contributed by atoms with Crippen LogP contribution in [-0.4, -0.2) is 14.4 Å². The van der Waals surface area contributed by atoms with Crippen LogP contribution in [0, 0.1) is 11.3 Å². The van der Waals surface area contributed by atoms with Gasteiger partial charge in [0.05, 0.1) is 17.2 Å². The number of H-pyrrole nitrogens is 1. The van der Waals surface area contributed by atoms with Gasteiger partial charge in [-0.15, -0.1) is 0 Å². The topological polar surface area (TPSA) is 73.9 Å². The first-order valence-electron chi connectivity index (χ1n) is 4.70. The minimum absolute atomic E-state index is 0.0438. The largest absolute Gasteiger partial charge is 0.323 e. The van der Waals surface area contributed by atoms with Crippen LogP contribution in [0.4, 0.5) is 0 Å². The summed E-state index contributed by atoms with van der Waals surface area (Å²) in [6, 6.07) is 9.20. The number of nitrogens with one attached hydrogen (secondary N) is 1. The molecule has 3 aromatic rings. The Morgan fingerprint density at radius 2 is 2.19 bits per heavy atom. The molecule has 0 fully saturated rings. The second kappa shape index (κ2) is 2.94. The SMILES string of the molecule is N#Cc1cnc2[nH]c3ccccc3n2c1=O. The van der Waals surface area contributed by atoms with Gasteiger partial charge in [-0.3, -0.25) is 4.79 Å². The number of nitriles is 1. The Balaban J connectivity index is 2.65. The van der Waals surface area contributed by atoms with E-state index in [1.165, 1.54) is 10.6 Å². The highest BCUT2D eigenvalue weighted by Crippen LogP contribution is 2.12. The molecule has 0 atom stereocenters. The average molecular weight is 210 g/mol. The molecule has 0 aliphatic heterocycles. The summed E-state index contributed by atoms with van der Waals surface area (Å²) < 4.78 is 1.41. The molecule has 3 rings (SSSR count). The Morgan fingerprint density at radius 1 is 1.38 bits per heavy atom. The molecule has 0 radical (unpaired) electrons. The fourth-order valence-corrected chi connectivity index (χ4v) is 1.74. The molecule has 0 saturated carbocycles. The Bertz CT molecular complexity index is 791. The summed E-state index contributed by atoms with van der Waals surface area (Å²) in [4.78, 5) is 19.0. The minimum Gasteiger partial charge on any atom is -0.323 e. The predicted octanol–water partition coefficient (Wildman–Crippen LogP) is 1.05. The highest BCUT2D eigenvalue weighted by molar-refractivity contribution is 5.79. The highest BCUT2D eigenvalue weighted by Gasteiger charge is 2.08. The van der Waals surface area contributed by atoms with Crippen molar-refractivity contribution in [1.82, 2.24) is 14.4 Å². The molecule has 5 heteroatoms. The Hall–Kier alpha value is -2.61. The summed E-state index contributed by atoms with van der Waals surface area (Å²) in [6.07, 6.45) is 1.28. The first-order valence-corrected chi connectivity index (χ1v) is 4.70. The van der Waals surface area contributed by atoms with Gasteiger partial charge in [-0.1, -0.05) is 12.1 Å². The molecule has 0 saturated heterocycles. The van der Waals surface area contributed by atoms with E-state index < -0.39 is 0 Å². The zero-order valence-electron chi connectivity index (χ0n) is 8.14. The standard InChI is InChI=1S/C11H6N4O/c12-5-7-6-13-11-14-8-3-1-2-4-9(8)15(11)10(7)16/h1-4,6H,(H,13,14). The number of hydrogen-bond acceptors (Lipinski definition) is 3. The smallest absolute Gasteiger partial charge is 0.277 e. The lowest BCUT2D eigenvalue weighted by atomic mass is 10.3. The Morgan fingerprint density at radius 3 is 3.00 bits per heavy atom. The quantitative estimate of drug-likeness (QED) is 0.602. The van der Waals surface area contributed by atoms with Gasteiger partial charge in [0, 0.05) is 0 Å². The van der Waals surface area contributed by atoms with Crippen molar-refractivity contribution in [3.8, 4) is 6.07 Å². The normalized spacial score (nSPS) is 10.7. The van der Waals surface area contributed by atoms with Crippen molar-refractivity contribution in [2.45, 2.75) is 0 Å². The molecule has 5 nitrogen and oxygen atoms in total. The number of nitrogens with zero attached hydrogens (tertiary/aromatic N) is 3. The number of benzene rings is 1. The molecular formula is C11H6N4O. The molecule has 0 unspecified atom stereocenters. The van der Waals surface area contributed by atoms with Crippen molar-refractivity contribution in [2.75, 3.05) is 0 Å². The van der Waals surface area contributed by atoms with Gasteiger partial charge in [0.1, 0.15) is 11.6 Å². The maximum Gasteiger partial charge on any atom is 0.277 e. The average Bonchev–Trinajstić information content (AvgIpc) is 2.68. The van der Waals surface area contributed by atoms with E-state index in [9.17, 15) is 4.79 Å². The van der Waals surface area contributed by atoms with Crippen LogP contribution >= 0.6 is 0 Å². The number of imidazole rings is 1. The molecule has 2 aromatic heterocycles. The number of fused-ring (bicyclic) bond motifs is 3. The number of para-hydroxylation sites is 2. The van der Waals surface area contributed by atoms with E-state index in [1.54, 1.807) is 0 Å². The van der Waals surface area contributed by atoms with Crippen molar-refractivity contribution < 1.29 is 0 Å². The number of hydrogen-bond donors (Lipinski definition) is 1. The molecular weight excluding hydrogens is 204 g/mol. The van der Waals surface area contributed by atoms with E-state index in [-0.39, 0.29) is 11.1 Å². The van der Waals surface area contributed by atoms with Crippen LogP contribution in [0.15, 0.2) is 35.3 Å². The number of aromatic amines is 1. The summed E-state index contributed by atoms with van der Waals surface area (Å²) in [5.74, 6) is 0.449. The summed E-state index contributed by atoms with van der Waals surface area (Å²) >= 11 is 0. The van der Waals surface area contributed by atoms with E-state index in [0.717, 1.165) is 11.0 Å². The fourth-order valence-electron chi connectivity index (χ4n) is 1.74. The van der Waals surface area contributed by atoms with E-state index in [2.05, 4.69) is 9.97 Å². The molecule has 2 heterocycles. The first-order chi connectivity index (χ1) is 7.81. The van der Waals surface area contributed by atoms with E-state index in [1.807, 2.05) is 30.3 Å². The van der Waals surface area contributed by atoms with Crippen molar-refractivity contribution >= 4 is 16.8 Å². The second-order valence-corrected chi connectivity index (χ2v) is 3.39. The van der Waals surface area contributed by atoms with Gasteiger partial charge in [-0.25, -0.2) is 9.38 Å². The lowest BCUT2D eigenvalue weighted by molar-refractivity contribution is 1.07. The minimum atomic E-state index is -0.343. The maximum atomic E-state index is 11.9. The zero-order valence-corrected chi connectivity index (χ0v) is 8.14. The van der Waals surface area contributed by atoms with Crippen molar-refractivity contribution in [3.05, 3.63) is 46.4 Å². The summed E-state index contributed by atoms with van der Waals surface area (Å²) in [5, 5.41) is 8.77.